The summed E-state index contributed by atoms with van der Waals surface area (Å²) in [5.74, 6) is 2.38. The van der Waals surface area contributed by atoms with Crippen LogP contribution >= 0.6 is 0 Å². The molecule has 0 bridgehead atoms. The van der Waals surface area contributed by atoms with E-state index in [1.54, 1.807) is 0 Å². The van der Waals surface area contributed by atoms with Crippen LogP contribution in [0.2, 0.25) is 0 Å². The van der Waals surface area contributed by atoms with Crippen molar-refractivity contribution in [2.75, 3.05) is 0 Å². The van der Waals surface area contributed by atoms with E-state index >= 15 is 0 Å². The number of rotatable bonds is 1. The normalized spacial score (nSPS) is 29.5. The molecule has 11 heavy (non-hydrogen) atoms. The Labute approximate surface area is 67.4 Å². The van der Waals surface area contributed by atoms with E-state index < -0.39 is 0 Å². The van der Waals surface area contributed by atoms with Gasteiger partial charge in [-0.15, -0.1) is 6.42 Å². The molecule has 1 aliphatic rings. The summed E-state index contributed by atoms with van der Waals surface area (Å²) in [6.07, 6.45) is 8.42. The largest absolute Gasteiger partial charge is 0.342 e. The van der Waals surface area contributed by atoms with Gasteiger partial charge < -0.3 is 5.32 Å². The lowest BCUT2D eigenvalue weighted by atomic mass is 10.1. The zero-order chi connectivity index (χ0) is 8.27. The van der Waals surface area contributed by atoms with Crippen LogP contribution < -0.4 is 5.32 Å². The van der Waals surface area contributed by atoms with Gasteiger partial charge in [-0.2, -0.15) is 0 Å². The molecule has 2 heteroatoms. The van der Waals surface area contributed by atoms with Gasteiger partial charge in [0.2, 0.25) is 0 Å². The molecule has 1 aliphatic carbocycles. The molecule has 0 aromatic heterocycles. The van der Waals surface area contributed by atoms with Crippen molar-refractivity contribution in [1.82, 2.24) is 5.32 Å². The zero-order valence-electron chi connectivity index (χ0n) is 6.76. The summed E-state index contributed by atoms with van der Waals surface area (Å²) >= 11 is 0. The molecule has 0 aromatic carbocycles. The molecule has 2 unspecified atom stereocenters. The molecular formula is C9H13NO. The van der Waals surface area contributed by atoms with Crippen molar-refractivity contribution >= 4 is 5.91 Å². The Hall–Kier alpha value is -0.970. The molecule has 1 saturated carbocycles. The highest BCUT2D eigenvalue weighted by Crippen LogP contribution is 2.24. The van der Waals surface area contributed by atoms with Crippen molar-refractivity contribution in [1.29, 1.82) is 0 Å². The average Bonchev–Trinajstić information content (AvgIpc) is 2.37. The highest BCUT2D eigenvalue weighted by atomic mass is 16.1. The van der Waals surface area contributed by atoms with Gasteiger partial charge in [0.25, 0.3) is 5.91 Å². The van der Waals surface area contributed by atoms with Gasteiger partial charge in [0.15, 0.2) is 0 Å². The predicted molar refractivity (Wildman–Crippen MR) is 43.8 cm³/mol. The van der Waals surface area contributed by atoms with E-state index in [-0.39, 0.29) is 5.91 Å². The van der Waals surface area contributed by atoms with Gasteiger partial charge in [-0.3, -0.25) is 4.79 Å². The van der Waals surface area contributed by atoms with Crippen molar-refractivity contribution in [2.45, 2.75) is 32.2 Å². The summed E-state index contributed by atoms with van der Waals surface area (Å²) in [7, 11) is 0. The van der Waals surface area contributed by atoms with E-state index in [0.29, 0.717) is 12.0 Å². The fourth-order valence-electron chi connectivity index (χ4n) is 1.57. The number of hydrogen-bond acceptors (Lipinski definition) is 1. The maximum atomic E-state index is 10.8. The second-order valence-corrected chi connectivity index (χ2v) is 3.13. The Morgan fingerprint density at radius 2 is 2.36 bits per heavy atom. The van der Waals surface area contributed by atoms with Gasteiger partial charge in [0.1, 0.15) is 0 Å². The minimum absolute atomic E-state index is 0.274. The molecule has 0 aliphatic heterocycles. The summed E-state index contributed by atoms with van der Waals surface area (Å²) < 4.78 is 0. The second kappa shape index (κ2) is 3.43. The lowest BCUT2D eigenvalue weighted by molar-refractivity contribution is -0.116. The summed E-state index contributed by atoms with van der Waals surface area (Å²) in [6.45, 7) is 2.15. The molecule has 0 radical (unpaired) electrons. The Morgan fingerprint density at radius 1 is 1.64 bits per heavy atom. The molecule has 60 valence electrons. The van der Waals surface area contributed by atoms with E-state index in [1.165, 1.54) is 12.8 Å². The van der Waals surface area contributed by atoms with Gasteiger partial charge in [0, 0.05) is 6.04 Å². The van der Waals surface area contributed by atoms with Crippen molar-refractivity contribution < 1.29 is 4.79 Å². The van der Waals surface area contributed by atoms with Crippen LogP contribution in [0.25, 0.3) is 0 Å². The minimum Gasteiger partial charge on any atom is -0.342 e. The van der Waals surface area contributed by atoms with Crippen LogP contribution in [-0.4, -0.2) is 11.9 Å². The number of terminal acetylenes is 1. The zero-order valence-corrected chi connectivity index (χ0v) is 6.76. The first-order valence-corrected chi connectivity index (χ1v) is 4.01. The fraction of sp³-hybridized carbons (Fsp3) is 0.667. The third kappa shape index (κ3) is 1.98. The number of nitrogens with one attached hydrogen (secondary N) is 1. The Kier molecular flexibility index (Phi) is 2.53. The summed E-state index contributed by atoms with van der Waals surface area (Å²) in [4.78, 5) is 10.8. The standard InChI is InChI=1S/C9H13NO/c1-3-9(11)10-8-6-4-5-7(8)2/h1,7-8H,4-6H2,2H3,(H,10,11). The van der Waals surface area contributed by atoms with Crippen molar-refractivity contribution in [3.05, 3.63) is 0 Å². The summed E-state index contributed by atoms with van der Waals surface area (Å²) in [5.41, 5.74) is 0. The van der Waals surface area contributed by atoms with Crippen molar-refractivity contribution in [3.63, 3.8) is 0 Å². The number of carbonyl (C=O) groups excluding carboxylic acids is 1. The maximum absolute atomic E-state index is 10.8. The predicted octanol–water partition coefficient (Wildman–Crippen LogP) is 0.924. The molecule has 2 atom stereocenters. The Bertz CT molecular complexity index is 192. The SMILES string of the molecule is C#CC(=O)NC1CCCC1C. The molecule has 0 heterocycles. The van der Waals surface area contributed by atoms with Crippen LogP contribution in [0.5, 0.6) is 0 Å². The topological polar surface area (TPSA) is 29.1 Å². The molecular weight excluding hydrogens is 138 g/mol. The van der Waals surface area contributed by atoms with Crippen LogP contribution in [0.1, 0.15) is 26.2 Å². The van der Waals surface area contributed by atoms with E-state index in [1.807, 2.05) is 0 Å². The molecule has 0 saturated heterocycles. The monoisotopic (exact) mass is 151 g/mol. The van der Waals surface area contributed by atoms with Gasteiger partial charge in [0.05, 0.1) is 0 Å². The van der Waals surface area contributed by atoms with Crippen molar-refractivity contribution in [2.24, 2.45) is 5.92 Å². The smallest absolute Gasteiger partial charge is 0.295 e. The number of amides is 1. The first-order valence-electron chi connectivity index (χ1n) is 4.01. The lowest BCUT2D eigenvalue weighted by Gasteiger charge is -2.14. The van der Waals surface area contributed by atoms with Gasteiger partial charge in [-0.1, -0.05) is 13.3 Å². The molecule has 1 fully saturated rings. The van der Waals surface area contributed by atoms with E-state index in [2.05, 4.69) is 18.2 Å². The highest BCUT2D eigenvalue weighted by Gasteiger charge is 2.23. The molecule has 0 spiro atoms. The molecule has 0 aromatic rings. The first kappa shape index (κ1) is 8.13. The molecule has 1 rings (SSSR count). The first-order chi connectivity index (χ1) is 5.24. The van der Waals surface area contributed by atoms with Crippen LogP contribution in [0.15, 0.2) is 0 Å². The summed E-state index contributed by atoms with van der Waals surface area (Å²) in [5, 5.41) is 2.80. The van der Waals surface area contributed by atoms with E-state index in [0.717, 1.165) is 6.42 Å². The third-order valence-corrected chi connectivity index (χ3v) is 2.31. The quantitative estimate of drug-likeness (QED) is 0.555. The van der Waals surface area contributed by atoms with Gasteiger partial charge >= 0.3 is 0 Å². The van der Waals surface area contributed by atoms with Crippen LogP contribution in [0.4, 0.5) is 0 Å². The van der Waals surface area contributed by atoms with Gasteiger partial charge in [-0.25, -0.2) is 0 Å². The van der Waals surface area contributed by atoms with Crippen LogP contribution in [0, 0.1) is 18.3 Å². The van der Waals surface area contributed by atoms with E-state index in [9.17, 15) is 4.79 Å². The maximum Gasteiger partial charge on any atom is 0.295 e. The Morgan fingerprint density at radius 3 is 2.82 bits per heavy atom. The van der Waals surface area contributed by atoms with Crippen LogP contribution in [-0.2, 0) is 4.79 Å². The molecule has 1 amide bonds. The van der Waals surface area contributed by atoms with E-state index in [4.69, 9.17) is 6.42 Å². The summed E-state index contributed by atoms with van der Waals surface area (Å²) in [6, 6.07) is 0.318. The minimum atomic E-state index is -0.274. The fourth-order valence-corrected chi connectivity index (χ4v) is 1.57. The lowest BCUT2D eigenvalue weighted by Crippen LogP contribution is -2.35. The molecule has 1 N–H and O–H groups in total. The second-order valence-electron chi connectivity index (χ2n) is 3.13. The number of hydrogen-bond donors (Lipinski definition) is 1. The Balaban J connectivity index is 2.38. The third-order valence-electron chi connectivity index (χ3n) is 2.31. The highest BCUT2D eigenvalue weighted by molar-refractivity contribution is 5.93. The van der Waals surface area contributed by atoms with Crippen LogP contribution in [0.3, 0.4) is 0 Å². The van der Waals surface area contributed by atoms with Crippen molar-refractivity contribution in [3.8, 4) is 12.3 Å². The number of carbonyl (C=O) groups is 1. The van der Waals surface area contributed by atoms with Gasteiger partial charge in [-0.05, 0) is 24.7 Å². The average molecular weight is 151 g/mol. The molecule has 2 nitrogen and oxygen atoms in total.